The number of rotatable bonds is 5. The second-order valence-corrected chi connectivity index (χ2v) is 7.95. The largest absolute Gasteiger partial charge is 0.416 e. The fourth-order valence-corrected chi connectivity index (χ4v) is 4.13. The number of fused-ring (bicyclic) bond motifs is 1. The Labute approximate surface area is 178 Å². The second-order valence-electron chi connectivity index (χ2n) is 7.95. The SMILES string of the molecule is O=C(Nc1cccc2cnccc12)C(NC1CCCCC1)c1ccc(C(F)(F)F)cc1. The molecule has 0 spiro atoms. The number of halogens is 3. The number of amides is 1. The highest BCUT2D eigenvalue weighted by Crippen LogP contribution is 2.31. The highest BCUT2D eigenvalue weighted by molar-refractivity contribution is 6.03. The van der Waals surface area contributed by atoms with E-state index in [1.54, 1.807) is 12.4 Å². The Morgan fingerprint density at radius 3 is 2.45 bits per heavy atom. The molecule has 1 aliphatic rings. The van der Waals surface area contributed by atoms with Crippen molar-refractivity contribution in [3.63, 3.8) is 0 Å². The summed E-state index contributed by atoms with van der Waals surface area (Å²) in [5.41, 5.74) is 0.430. The molecule has 2 N–H and O–H groups in total. The van der Waals surface area contributed by atoms with E-state index in [0.717, 1.165) is 48.6 Å². The van der Waals surface area contributed by atoms with E-state index < -0.39 is 17.8 Å². The Morgan fingerprint density at radius 1 is 1.00 bits per heavy atom. The minimum Gasteiger partial charge on any atom is -0.324 e. The molecular weight excluding hydrogens is 403 g/mol. The maximum Gasteiger partial charge on any atom is 0.416 e. The summed E-state index contributed by atoms with van der Waals surface area (Å²) >= 11 is 0. The quantitative estimate of drug-likeness (QED) is 0.537. The highest BCUT2D eigenvalue weighted by Gasteiger charge is 2.31. The van der Waals surface area contributed by atoms with Crippen LogP contribution in [0.4, 0.5) is 18.9 Å². The van der Waals surface area contributed by atoms with Crippen molar-refractivity contribution in [2.45, 2.75) is 50.4 Å². The number of hydrogen-bond donors (Lipinski definition) is 2. The molecule has 31 heavy (non-hydrogen) atoms. The summed E-state index contributed by atoms with van der Waals surface area (Å²) in [5, 5.41) is 8.11. The predicted molar refractivity (Wildman–Crippen MR) is 115 cm³/mol. The Kier molecular flexibility index (Phi) is 6.23. The van der Waals surface area contributed by atoms with Crippen LogP contribution >= 0.6 is 0 Å². The van der Waals surface area contributed by atoms with Crippen molar-refractivity contribution in [3.8, 4) is 0 Å². The molecule has 1 aliphatic carbocycles. The Bertz CT molecular complexity index is 1040. The number of aromatic nitrogens is 1. The summed E-state index contributed by atoms with van der Waals surface area (Å²) in [4.78, 5) is 17.4. The van der Waals surface area contributed by atoms with Crippen molar-refractivity contribution in [1.29, 1.82) is 0 Å². The van der Waals surface area contributed by atoms with Gasteiger partial charge in [-0.05, 0) is 42.7 Å². The van der Waals surface area contributed by atoms with Crippen LogP contribution in [0, 0.1) is 0 Å². The molecule has 7 heteroatoms. The van der Waals surface area contributed by atoms with Gasteiger partial charge in [0, 0.05) is 34.9 Å². The van der Waals surface area contributed by atoms with Gasteiger partial charge >= 0.3 is 6.18 Å². The number of hydrogen-bond acceptors (Lipinski definition) is 3. The van der Waals surface area contributed by atoms with E-state index >= 15 is 0 Å². The molecule has 1 saturated carbocycles. The van der Waals surface area contributed by atoms with Crippen LogP contribution in [0.5, 0.6) is 0 Å². The number of carbonyl (C=O) groups is 1. The van der Waals surface area contributed by atoms with Crippen LogP contribution in [-0.2, 0) is 11.0 Å². The molecule has 4 rings (SSSR count). The van der Waals surface area contributed by atoms with Gasteiger partial charge in [-0.25, -0.2) is 0 Å². The number of anilines is 1. The van der Waals surface area contributed by atoms with Crippen LogP contribution in [0.25, 0.3) is 10.8 Å². The highest BCUT2D eigenvalue weighted by atomic mass is 19.4. The average Bonchev–Trinajstić information content (AvgIpc) is 2.78. The lowest BCUT2D eigenvalue weighted by Gasteiger charge is -2.28. The van der Waals surface area contributed by atoms with Crippen molar-refractivity contribution >= 4 is 22.4 Å². The van der Waals surface area contributed by atoms with E-state index in [2.05, 4.69) is 15.6 Å². The first-order valence-corrected chi connectivity index (χ1v) is 10.5. The summed E-state index contributed by atoms with van der Waals surface area (Å²) in [6.07, 6.45) is 4.19. The van der Waals surface area contributed by atoms with Crippen LogP contribution in [0.3, 0.4) is 0 Å². The maximum absolute atomic E-state index is 13.3. The number of nitrogens with zero attached hydrogens (tertiary/aromatic N) is 1. The third kappa shape index (κ3) is 5.05. The average molecular weight is 427 g/mol. The standard InChI is InChI=1S/C24H24F3N3O/c25-24(26,27)18-11-9-16(10-12-18)22(29-19-6-2-1-3-7-19)23(31)30-21-8-4-5-17-15-28-14-13-20(17)21/h4-5,8-15,19,22,29H,1-3,6-7H2,(H,30,31). The lowest BCUT2D eigenvalue weighted by Crippen LogP contribution is -2.40. The predicted octanol–water partition coefficient (Wildman–Crippen LogP) is 5.86. The van der Waals surface area contributed by atoms with Gasteiger partial charge < -0.3 is 5.32 Å². The van der Waals surface area contributed by atoms with E-state index in [-0.39, 0.29) is 11.9 Å². The van der Waals surface area contributed by atoms with Crippen molar-refractivity contribution < 1.29 is 18.0 Å². The maximum atomic E-state index is 13.3. The second kappa shape index (κ2) is 9.06. The monoisotopic (exact) mass is 427 g/mol. The normalized spacial score (nSPS) is 16.2. The molecule has 0 bridgehead atoms. The number of nitrogens with one attached hydrogen (secondary N) is 2. The summed E-state index contributed by atoms with van der Waals surface area (Å²) in [6.45, 7) is 0. The van der Waals surface area contributed by atoms with Crippen molar-refractivity contribution in [2.24, 2.45) is 0 Å². The van der Waals surface area contributed by atoms with Gasteiger partial charge in [0.05, 0.1) is 5.56 Å². The molecule has 4 nitrogen and oxygen atoms in total. The molecule has 1 fully saturated rings. The van der Waals surface area contributed by atoms with Crippen molar-refractivity contribution in [2.75, 3.05) is 5.32 Å². The lowest BCUT2D eigenvalue weighted by atomic mass is 9.93. The van der Waals surface area contributed by atoms with Crippen LogP contribution in [0.1, 0.15) is 49.3 Å². The number of pyridine rings is 1. The Balaban J connectivity index is 1.62. The minimum atomic E-state index is -4.41. The van der Waals surface area contributed by atoms with Crippen LogP contribution in [-0.4, -0.2) is 16.9 Å². The molecule has 0 saturated heterocycles. The molecule has 1 aromatic heterocycles. The zero-order chi connectivity index (χ0) is 21.8. The molecule has 2 aromatic carbocycles. The van der Waals surface area contributed by atoms with Crippen molar-refractivity contribution in [1.82, 2.24) is 10.3 Å². The zero-order valence-corrected chi connectivity index (χ0v) is 17.0. The van der Waals surface area contributed by atoms with Gasteiger partial charge in [0.2, 0.25) is 5.91 Å². The van der Waals surface area contributed by atoms with E-state index in [9.17, 15) is 18.0 Å². The van der Waals surface area contributed by atoms with E-state index in [0.29, 0.717) is 11.3 Å². The van der Waals surface area contributed by atoms with E-state index in [1.807, 2.05) is 24.3 Å². The van der Waals surface area contributed by atoms with Gasteiger partial charge in [-0.3, -0.25) is 15.1 Å². The summed E-state index contributed by atoms with van der Waals surface area (Å²) in [6, 6.07) is 11.6. The fraction of sp³-hybridized carbons (Fsp3) is 0.333. The first kappa shape index (κ1) is 21.3. The van der Waals surface area contributed by atoms with Crippen LogP contribution in [0.2, 0.25) is 0 Å². The van der Waals surface area contributed by atoms with Gasteiger partial charge in [-0.1, -0.05) is 43.5 Å². The van der Waals surface area contributed by atoms with Gasteiger partial charge in [0.15, 0.2) is 0 Å². The summed E-state index contributed by atoms with van der Waals surface area (Å²) < 4.78 is 39.0. The van der Waals surface area contributed by atoms with Gasteiger partial charge in [-0.15, -0.1) is 0 Å². The Morgan fingerprint density at radius 2 is 1.74 bits per heavy atom. The van der Waals surface area contributed by atoms with Crippen LogP contribution in [0.15, 0.2) is 60.9 Å². The smallest absolute Gasteiger partial charge is 0.324 e. The van der Waals surface area contributed by atoms with E-state index in [4.69, 9.17) is 0 Å². The first-order chi connectivity index (χ1) is 14.9. The molecule has 0 aliphatic heterocycles. The topological polar surface area (TPSA) is 54.0 Å². The molecule has 1 unspecified atom stereocenters. The zero-order valence-electron chi connectivity index (χ0n) is 17.0. The molecule has 1 amide bonds. The molecular formula is C24H24F3N3O. The molecule has 1 heterocycles. The summed E-state index contributed by atoms with van der Waals surface area (Å²) in [7, 11) is 0. The van der Waals surface area contributed by atoms with Crippen LogP contribution < -0.4 is 10.6 Å². The molecule has 0 radical (unpaired) electrons. The first-order valence-electron chi connectivity index (χ1n) is 10.5. The minimum absolute atomic E-state index is 0.156. The van der Waals surface area contributed by atoms with Gasteiger partial charge in [0.25, 0.3) is 0 Å². The van der Waals surface area contributed by atoms with Gasteiger partial charge in [-0.2, -0.15) is 13.2 Å². The molecule has 162 valence electrons. The summed E-state index contributed by atoms with van der Waals surface area (Å²) in [5.74, 6) is -0.297. The number of alkyl halides is 3. The number of benzene rings is 2. The molecule has 1 atom stereocenters. The lowest BCUT2D eigenvalue weighted by molar-refractivity contribution is -0.137. The third-order valence-electron chi connectivity index (χ3n) is 5.78. The fourth-order valence-electron chi connectivity index (χ4n) is 4.13. The Hall–Kier alpha value is -2.93. The van der Waals surface area contributed by atoms with Gasteiger partial charge in [0.1, 0.15) is 6.04 Å². The van der Waals surface area contributed by atoms with E-state index in [1.165, 1.54) is 18.6 Å². The number of carbonyl (C=O) groups excluding carboxylic acids is 1. The third-order valence-corrected chi connectivity index (χ3v) is 5.78. The molecule has 3 aromatic rings. The van der Waals surface area contributed by atoms with Crippen molar-refractivity contribution in [3.05, 3.63) is 72.1 Å².